The van der Waals surface area contributed by atoms with Crippen LogP contribution in [0.4, 0.5) is 0 Å². The second-order valence-electron chi connectivity index (χ2n) is 5.27. The summed E-state index contributed by atoms with van der Waals surface area (Å²) in [6.45, 7) is 0. The highest BCUT2D eigenvalue weighted by Crippen LogP contribution is 2.18. The third kappa shape index (κ3) is 3.54. The molecule has 0 aliphatic heterocycles. The zero-order valence-corrected chi connectivity index (χ0v) is 13.0. The first-order valence-electron chi connectivity index (χ1n) is 7.08. The van der Waals surface area contributed by atoms with Crippen molar-refractivity contribution in [2.24, 2.45) is 0 Å². The van der Waals surface area contributed by atoms with Crippen LogP contribution in [0.5, 0.6) is 0 Å². The number of rotatable bonds is 2. The largest absolute Gasteiger partial charge is 0.451 e. The summed E-state index contributed by atoms with van der Waals surface area (Å²) in [5, 5.41) is 3.06. The third-order valence-electron chi connectivity index (χ3n) is 3.32. The van der Waals surface area contributed by atoms with Crippen molar-refractivity contribution in [1.82, 2.24) is 16.2 Å². The van der Waals surface area contributed by atoms with Gasteiger partial charge < -0.3 is 9.73 Å². The van der Waals surface area contributed by atoms with Crippen molar-refractivity contribution < 1.29 is 18.8 Å². The van der Waals surface area contributed by atoms with E-state index >= 15 is 0 Å². The number of hydrogen-bond donors (Lipinski definition) is 3. The van der Waals surface area contributed by atoms with E-state index in [1.54, 1.807) is 0 Å². The van der Waals surface area contributed by atoms with Crippen LogP contribution in [0.2, 0.25) is 5.02 Å². The van der Waals surface area contributed by atoms with Crippen molar-refractivity contribution in [3.8, 4) is 0 Å². The third-order valence-corrected chi connectivity index (χ3v) is 3.56. The first-order valence-corrected chi connectivity index (χ1v) is 7.46. The first-order chi connectivity index (χ1) is 11.4. The van der Waals surface area contributed by atoms with E-state index in [2.05, 4.69) is 5.32 Å². The Hall–Kier alpha value is -2.87. The highest BCUT2D eigenvalue weighted by atomic mass is 35.5. The maximum absolute atomic E-state index is 12.0. The van der Waals surface area contributed by atoms with Crippen LogP contribution < -0.4 is 21.6 Å². The number of fused-ring (bicyclic) bond motifs is 1. The van der Waals surface area contributed by atoms with Gasteiger partial charge in [0.25, 0.3) is 0 Å². The molecule has 1 saturated carbocycles. The predicted octanol–water partition coefficient (Wildman–Crippen LogP) is 0.486. The number of carbonyl (C=O) groups is 3. The fourth-order valence-electron chi connectivity index (χ4n) is 1.95. The monoisotopic (exact) mass is 349 g/mol. The highest BCUT2D eigenvalue weighted by molar-refractivity contribution is 6.35. The summed E-state index contributed by atoms with van der Waals surface area (Å²) in [6, 6.07) is 5.39. The van der Waals surface area contributed by atoms with Crippen molar-refractivity contribution in [2.75, 3.05) is 0 Å². The van der Waals surface area contributed by atoms with Crippen LogP contribution in [0.25, 0.3) is 11.0 Å². The van der Waals surface area contributed by atoms with Crippen LogP contribution in [-0.2, 0) is 9.59 Å². The lowest BCUT2D eigenvalue weighted by Gasteiger charge is -2.07. The van der Waals surface area contributed by atoms with Crippen molar-refractivity contribution in [3.63, 3.8) is 0 Å². The lowest BCUT2D eigenvalue weighted by atomic mass is 10.2. The Labute approximate surface area is 140 Å². The minimum absolute atomic E-state index is 0.0179. The molecule has 9 heteroatoms. The lowest BCUT2D eigenvalue weighted by molar-refractivity contribution is -0.139. The van der Waals surface area contributed by atoms with Crippen molar-refractivity contribution in [3.05, 3.63) is 45.3 Å². The molecular formula is C15H12ClN3O5. The van der Waals surface area contributed by atoms with Gasteiger partial charge in [0.2, 0.25) is 0 Å². The summed E-state index contributed by atoms with van der Waals surface area (Å²) >= 11 is 5.80. The average Bonchev–Trinajstić information content (AvgIpc) is 3.36. The Balaban J connectivity index is 1.69. The van der Waals surface area contributed by atoms with Crippen LogP contribution in [0.3, 0.4) is 0 Å². The number of benzene rings is 1. The van der Waals surface area contributed by atoms with Crippen molar-refractivity contribution in [1.29, 1.82) is 0 Å². The van der Waals surface area contributed by atoms with Gasteiger partial charge in [-0.3, -0.25) is 30.0 Å². The van der Waals surface area contributed by atoms with E-state index in [9.17, 15) is 19.2 Å². The number of nitrogens with one attached hydrogen (secondary N) is 3. The van der Waals surface area contributed by atoms with Gasteiger partial charge in [-0.2, -0.15) is 0 Å². The number of hydrazine groups is 1. The second-order valence-corrected chi connectivity index (χ2v) is 5.71. The van der Waals surface area contributed by atoms with E-state index in [0.717, 1.165) is 18.9 Å². The summed E-state index contributed by atoms with van der Waals surface area (Å²) in [7, 11) is 0. The minimum Gasteiger partial charge on any atom is -0.451 e. The predicted molar refractivity (Wildman–Crippen MR) is 84.3 cm³/mol. The van der Waals surface area contributed by atoms with Crippen LogP contribution in [0.1, 0.15) is 23.4 Å². The van der Waals surface area contributed by atoms with Gasteiger partial charge in [0, 0.05) is 17.1 Å². The quantitative estimate of drug-likeness (QED) is 0.538. The van der Waals surface area contributed by atoms with Gasteiger partial charge in [0.05, 0.1) is 5.39 Å². The molecule has 0 saturated heterocycles. The summed E-state index contributed by atoms with van der Waals surface area (Å²) in [5.41, 5.74) is 3.69. The molecule has 1 heterocycles. The molecule has 3 amide bonds. The number of hydrogen-bond acceptors (Lipinski definition) is 5. The standard InChI is InChI=1S/C15H12ClN3O5/c16-7-1-4-11-9(5-7)10(20)6-12(24-11)13(21)18-19-15(23)14(22)17-8-2-3-8/h1,4-6,8H,2-3H2,(H,17,22)(H,18,21)(H,19,23). The van der Waals surface area contributed by atoms with Crippen LogP contribution in [-0.4, -0.2) is 23.8 Å². The lowest BCUT2D eigenvalue weighted by Crippen LogP contribution is -2.49. The zero-order valence-electron chi connectivity index (χ0n) is 12.2. The summed E-state index contributed by atoms with van der Waals surface area (Å²) in [6.07, 6.45) is 1.66. The number of carbonyl (C=O) groups excluding carboxylic acids is 3. The molecule has 1 aliphatic rings. The topological polar surface area (TPSA) is 118 Å². The van der Waals surface area contributed by atoms with E-state index in [1.807, 2.05) is 10.9 Å². The average molecular weight is 350 g/mol. The molecule has 3 rings (SSSR count). The van der Waals surface area contributed by atoms with Gasteiger partial charge in [0.15, 0.2) is 11.2 Å². The molecule has 24 heavy (non-hydrogen) atoms. The molecule has 2 aromatic rings. The molecular weight excluding hydrogens is 338 g/mol. The molecule has 1 fully saturated rings. The van der Waals surface area contributed by atoms with Gasteiger partial charge in [-0.25, -0.2) is 0 Å². The molecule has 8 nitrogen and oxygen atoms in total. The van der Waals surface area contributed by atoms with Crippen molar-refractivity contribution in [2.45, 2.75) is 18.9 Å². The Morgan fingerprint density at radius 1 is 1.08 bits per heavy atom. The molecule has 1 aromatic carbocycles. The summed E-state index contributed by atoms with van der Waals surface area (Å²) in [5.74, 6) is -3.02. The van der Waals surface area contributed by atoms with Crippen LogP contribution >= 0.6 is 11.6 Å². The van der Waals surface area contributed by atoms with E-state index in [-0.39, 0.29) is 22.8 Å². The van der Waals surface area contributed by atoms with Gasteiger partial charge in [-0.05, 0) is 31.0 Å². The molecule has 124 valence electrons. The van der Waals surface area contributed by atoms with E-state index in [0.29, 0.717) is 5.02 Å². The van der Waals surface area contributed by atoms with E-state index < -0.39 is 23.2 Å². The van der Waals surface area contributed by atoms with Gasteiger partial charge in [-0.1, -0.05) is 11.6 Å². The molecule has 0 unspecified atom stereocenters. The fourth-order valence-corrected chi connectivity index (χ4v) is 2.12. The maximum Gasteiger partial charge on any atom is 0.327 e. The van der Waals surface area contributed by atoms with Gasteiger partial charge in [-0.15, -0.1) is 0 Å². The zero-order chi connectivity index (χ0) is 17.3. The van der Waals surface area contributed by atoms with Gasteiger partial charge in [0.1, 0.15) is 5.58 Å². The second kappa shape index (κ2) is 6.32. The maximum atomic E-state index is 12.0. The summed E-state index contributed by atoms with van der Waals surface area (Å²) in [4.78, 5) is 46.9. The van der Waals surface area contributed by atoms with Gasteiger partial charge >= 0.3 is 17.7 Å². The van der Waals surface area contributed by atoms with E-state index in [4.69, 9.17) is 16.0 Å². The highest BCUT2D eigenvalue weighted by Gasteiger charge is 2.26. The molecule has 3 N–H and O–H groups in total. The van der Waals surface area contributed by atoms with E-state index in [1.165, 1.54) is 18.2 Å². The normalized spacial score (nSPS) is 13.4. The van der Waals surface area contributed by atoms with Crippen LogP contribution in [0.15, 0.2) is 33.5 Å². The molecule has 0 radical (unpaired) electrons. The Morgan fingerprint density at radius 3 is 2.54 bits per heavy atom. The van der Waals surface area contributed by atoms with Crippen molar-refractivity contribution >= 4 is 40.3 Å². The van der Waals surface area contributed by atoms with Crippen LogP contribution in [0, 0.1) is 0 Å². The Bertz CT molecular complexity index is 904. The molecule has 0 atom stereocenters. The summed E-state index contributed by atoms with van der Waals surface area (Å²) < 4.78 is 5.30. The number of amides is 3. The molecule has 1 aliphatic carbocycles. The Morgan fingerprint density at radius 2 is 1.83 bits per heavy atom. The molecule has 0 spiro atoms. The number of halogens is 1. The molecule has 1 aromatic heterocycles. The first kappa shape index (κ1) is 16.0. The smallest absolute Gasteiger partial charge is 0.327 e. The Kier molecular flexibility index (Phi) is 4.22. The molecule has 0 bridgehead atoms. The fraction of sp³-hybridized carbons (Fsp3) is 0.200. The SMILES string of the molecule is O=C(NNC(=O)c1cc(=O)c2cc(Cl)ccc2o1)C(=O)NC1CC1. The minimum atomic E-state index is -1.01.